The van der Waals surface area contributed by atoms with Crippen LogP contribution in [0.4, 0.5) is 5.69 Å². The molecule has 74 valence electrons. The van der Waals surface area contributed by atoms with Crippen LogP contribution in [0.15, 0.2) is 23.4 Å². The van der Waals surface area contributed by atoms with Gasteiger partial charge in [-0.25, -0.2) is 0 Å². The van der Waals surface area contributed by atoms with E-state index in [4.69, 9.17) is 16.8 Å². The van der Waals surface area contributed by atoms with Crippen LogP contribution in [-0.4, -0.2) is 17.3 Å². The number of benzene rings is 1. The maximum Gasteiger partial charge on any atom is 0.270 e. The predicted molar refractivity (Wildman–Crippen MR) is 55.1 cm³/mol. The molecule has 0 spiro atoms. The zero-order valence-electron chi connectivity index (χ0n) is 7.49. The summed E-state index contributed by atoms with van der Waals surface area (Å²) in [6, 6.07) is 5.24. The summed E-state index contributed by atoms with van der Waals surface area (Å²) in [5.41, 5.74) is 1.47. The standard InChI is InChI=1S/C9H9ClN2O2/c1-6-2-3-7(10)8(4-6)12-9(13)5-11-14/h2-5,14H,1H3,(H,12,13)/b11-5+. The monoisotopic (exact) mass is 212 g/mol. The zero-order valence-corrected chi connectivity index (χ0v) is 8.25. The molecule has 0 bridgehead atoms. The van der Waals surface area contributed by atoms with E-state index in [1.165, 1.54) is 0 Å². The van der Waals surface area contributed by atoms with E-state index < -0.39 is 5.91 Å². The van der Waals surface area contributed by atoms with E-state index in [2.05, 4.69) is 10.5 Å². The number of halogens is 1. The Balaban J connectivity index is 2.85. The van der Waals surface area contributed by atoms with E-state index in [1.54, 1.807) is 12.1 Å². The van der Waals surface area contributed by atoms with Gasteiger partial charge in [-0.2, -0.15) is 0 Å². The molecule has 2 N–H and O–H groups in total. The van der Waals surface area contributed by atoms with Gasteiger partial charge >= 0.3 is 0 Å². The molecule has 0 aliphatic rings. The molecule has 0 heterocycles. The van der Waals surface area contributed by atoms with Crippen molar-refractivity contribution in [1.29, 1.82) is 0 Å². The van der Waals surface area contributed by atoms with E-state index >= 15 is 0 Å². The summed E-state index contributed by atoms with van der Waals surface area (Å²) >= 11 is 5.82. The lowest BCUT2D eigenvalue weighted by molar-refractivity contribution is -0.110. The summed E-state index contributed by atoms with van der Waals surface area (Å²) < 4.78 is 0. The Morgan fingerprint density at radius 2 is 2.36 bits per heavy atom. The summed E-state index contributed by atoms with van der Waals surface area (Å²) in [5, 5.41) is 13.6. The fourth-order valence-electron chi connectivity index (χ4n) is 0.952. The van der Waals surface area contributed by atoms with Crippen molar-refractivity contribution < 1.29 is 10.0 Å². The van der Waals surface area contributed by atoms with Crippen LogP contribution >= 0.6 is 11.6 Å². The maximum atomic E-state index is 11.0. The molecule has 1 aromatic rings. The molecule has 0 radical (unpaired) electrons. The third kappa shape index (κ3) is 2.74. The van der Waals surface area contributed by atoms with Crippen LogP contribution in [0, 0.1) is 6.92 Å². The summed E-state index contributed by atoms with van der Waals surface area (Å²) in [5.74, 6) is -0.528. The predicted octanol–water partition coefficient (Wildman–Crippen LogP) is 2.05. The Labute approximate surface area is 86.2 Å². The van der Waals surface area contributed by atoms with E-state index in [0.717, 1.165) is 11.8 Å². The second kappa shape index (κ2) is 4.62. The molecule has 0 unspecified atom stereocenters. The summed E-state index contributed by atoms with van der Waals surface area (Å²) in [6.07, 6.45) is 0.763. The van der Waals surface area contributed by atoms with Crippen LogP contribution in [0.2, 0.25) is 5.02 Å². The molecule has 0 aromatic heterocycles. The first-order valence-electron chi connectivity index (χ1n) is 3.88. The number of aryl methyl sites for hydroxylation is 1. The van der Waals surface area contributed by atoms with Crippen molar-refractivity contribution in [3.05, 3.63) is 28.8 Å². The SMILES string of the molecule is Cc1ccc(Cl)c(NC(=O)/C=N/O)c1. The van der Waals surface area contributed by atoms with Crippen LogP contribution in [0.5, 0.6) is 0 Å². The Hall–Kier alpha value is -1.55. The van der Waals surface area contributed by atoms with Gasteiger partial charge < -0.3 is 10.5 Å². The molecule has 1 aromatic carbocycles. The molecular weight excluding hydrogens is 204 g/mol. The fraction of sp³-hybridized carbons (Fsp3) is 0.111. The number of hydrogen-bond acceptors (Lipinski definition) is 3. The first kappa shape index (κ1) is 10.5. The number of hydrogen-bond donors (Lipinski definition) is 2. The highest BCUT2D eigenvalue weighted by molar-refractivity contribution is 6.36. The van der Waals surface area contributed by atoms with Gasteiger partial charge in [0, 0.05) is 0 Å². The molecule has 5 heteroatoms. The van der Waals surface area contributed by atoms with Crippen molar-refractivity contribution in [2.24, 2.45) is 5.16 Å². The summed E-state index contributed by atoms with van der Waals surface area (Å²) in [4.78, 5) is 11.0. The molecule has 4 nitrogen and oxygen atoms in total. The fourth-order valence-corrected chi connectivity index (χ4v) is 1.12. The van der Waals surface area contributed by atoms with Gasteiger partial charge in [-0.05, 0) is 24.6 Å². The number of oxime groups is 1. The van der Waals surface area contributed by atoms with Gasteiger partial charge in [-0.1, -0.05) is 22.8 Å². The third-order valence-corrected chi connectivity index (χ3v) is 1.88. The smallest absolute Gasteiger partial charge is 0.270 e. The van der Waals surface area contributed by atoms with E-state index in [-0.39, 0.29) is 0 Å². The molecule has 0 aliphatic heterocycles. The molecule has 0 saturated heterocycles. The lowest BCUT2D eigenvalue weighted by atomic mass is 10.2. The molecule has 0 atom stereocenters. The van der Waals surface area contributed by atoms with Gasteiger partial charge in [-0.15, -0.1) is 0 Å². The minimum absolute atomic E-state index is 0.440. The first-order valence-corrected chi connectivity index (χ1v) is 4.26. The molecule has 1 rings (SSSR count). The Bertz CT molecular complexity index is 377. The van der Waals surface area contributed by atoms with Gasteiger partial charge in [0.15, 0.2) is 0 Å². The third-order valence-electron chi connectivity index (χ3n) is 1.55. The normalized spacial score (nSPS) is 10.4. The van der Waals surface area contributed by atoms with Crippen molar-refractivity contribution in [3.8, 4) is 0 Å². The number of nitrogens with zero attached hydrogens (tertiary/aromatic N) is 1. The zero-order chi connectivity index (χ0) is 10.6. The Morgan fingerprint density at radius 1 is 1.64 bits per heavy atom. The van der Waals surface area contributed by atoms with E-state index in [1.807, 2.05) is 13.0 Å². The van der Waals surface area contributed by atoms with Crippen molar-refractivity contribution in [2.45, 2.75) is 6.92 Å². The highest BCUT2D eigenvalue weighted by atomic mass is 35.5. The van der Waals surface area contributed by atoms with Crippen LogP contribution in [0.1, 0.15) is 5.56 Å². The molecule has 0 aliphatic carbocycles. The number of anilines is 1. The van der Waals surface area contributed by atoms with Crippen molar-refractivity contribution >= 4 is 29.4 Å². The topological polar surface area (TPSA) is 61.7 Å². The second-order valence-corrected chi connectivity index (χ2v) is 3.12. The number of rotatable bonds is 2. The van der Waals surface area contributed by atoms with Gasteiger partial charge in [0.25, 0.3) is 5.91 Å². The number of amides is 1. The van der Waals surface area contributed by atoms with Crippen LogP contribution in [0.3, 0.4) is 0 Å². The second-order valence-electron chi connectivity index (χ2n) is 2.72. The van der Waals surface area contributed by atoms with Gasteiger partial charge in [0.1, 0.15) is 6.21 Å². The molecule has 1 amide bonds. The minimum Gasteiger partial charge on any atom is -0.411 e. The average molecular weight is 213 g/mol. The van der Waals surface area contributed by atoms with Crippen LogP contribution in [0.25, 0.3) is 0 Å². The number of nitrogens with one attached hydrogen (secondary N) is 1. The Morgan fingerprint density at radius 3 is 3.00 bits per heavy atom. The van der Waals surface area contributed by atoms with Crippen LogP contribution < -0.4 is 5.32 Å². The van der Waals surface area contributed by atoms with E-state index in [0.29, 0.717) is 10.7 Å². The van der Waals surface area contributed by atoms with Crippen molar-refractivity contribution in [2.75, 3.05) is 5.32 Å². The average Bonchev–Trinajstić information content (AvgIpc) is 2.12. The molecule has 14 heavy (non-hydrogen) atoms. The number of carbonyl (C=O) groups excluding carboxylic acids is 1. The molecule has 0 saturated carbocycles. The largest absolute Gasteiger partial charge is 0.411 e. The van der Waals surface area contributed by atoms with Gasteiger partial charge in [-0.3, -0.25) is 4.79 Å². The quantitative estimate of drug-likeness (QED) is 0.448. The van der Waals surface area contributed by atoms with Crippen molar-refractivity contribution in [3.63, 3.8) is 0 Å². The molecule has 0 fully saturated rings. The van der Waals surface area contributed by atoms with Crippen molar-refractivity contribution in [1.82, 2.24) is 0 Å². The lowest BCUT2D eigenvalue weighted by Gasteiger charge is -2.04. The first-order chi connectivity index (χ1) is 6.63. The van der Waals surface area contributed by atoms with Crippen LogP contribution in [-0.2, 0) is 4.79 Å². The highest BCUT2D eigenvalue weighted by Gasteiger charge is 2.03. The Kier molecular flexibility index (Phi) is 3.48. The minimum atomic E-state index is -0.528. The van der Waals surface area contributed by atoms with Gasteiger partial charge in [0.05, 0.1) is 10.7 Å². The number of carbonyl (C=O) groups is 1. The maximum absolute atomic E-state index is 11.0. The summed E-state index contributed by atoms with van der Waals surface area (Å²) in [6.45, 7) is 1.88. The van der Waals surface area contributed by atoms with Gasteiger partial charge in [0.2, 0.25) is 0 Å². The summed E-state index contributed by atoms with van der Waals surface area (Å²) in [7, 11) is 0. The van der Waals surface area contributed by atoms with E-state index in [9.17, 15) is 4.79 Å². The highest BCUT2D eigenvalue weighted by Crippen LogP contribution is 2.22. The lowest BCUT2D eigenvalue weighted by Crippen LogP contribution is -2.12. The molecular formula is C9H9ClN2O2.